The zero-order valence-corrected chi connectivity index (χ0v) is 17.0. The highest BCUT2D eigenvalue weighted by atomic mass is 16.5. The molecule has 3 aromatic heterocycles. The number of nitrogens with one attached hydrogen (secondary N) is 2. The van der Waals surface area contributed by atoms with Crippen molar-refractivity contribution < 1.29 is 9.32 Å². The summed E-state index contributed by atoms with van der Waals surface area (Å²) < 4.78 is 6.32. The van der Waals surface area contributed by atoms with Crippen LogP contribution in [0.15, 0.2) is 46.0 Å². The van der Waals surface area contributed by atoms with E-state index in [1.54, 1.807) is 31.5 Å². The molecular weight excluding hydrogens is 384 g/mol. The Morgan fingerprint density at radius 3 is 2.90 bits per heavy atom. The van der Waals surface area contributed by atoms with Gasteiger partial charge in [0.15, 0.2) is 0 Å². The SMILES string of the molecule is Cc1cc(C(=O)NC[C@H]2CC[C@@H](Nc3ncc(-n4ncccc4=O)cc3C)C2)on1. The number of hydrogen-bond acceptors (Lipinski definition) is 7. The molecule has 3 aromatic rings. The van der Waals surface area contributed by atoms with E-state index in [9.17, 15) is 9.59 Å². The minimum atomic E-state index is -0.232. The van der Waals surface area contributed by atoms with Crippen molar-refractivity contribution in [1.82, 2.24) is 25.2 Å². The van der Waals surface area contributed by atoms with Gasteiger partial charge in [0.05, 0.1) is 17.6 Å². The highest BCUT2D eigenvalue weighted by molar-refractivity contribution is 5.91. The van der Waals surface area contributed by atoms with Crippen LogP contribution in [0, 0.1) is 19.8 Å². The molecule has 9 heteroatoms. The van der Waals surface area contributed by atoms with Gasteiger partial charge in [-0.15, -0.1) is 0 Å². The van der Waals surface area contributed by atoms with Gasteiger partial charge in [-0.2, -0.15) is 9.78 Å². The fraction of sp³-hybridized carbons (Fsp3) is 0.381. The largest absolute Gasteiger partial charge is 0.367 e. The minimum Gasteiger partial charge on any atom is -0.367 e. The van der Waals surface area contributed by atoms with E-state index in [0.29, 0.717) is 23.8 Å². The molecule has 3 heterocycles. The quantitative estimate of drug-likeness (QED) is 0.643. The molecule has 9 nitrogen and oxygen atoms in total. The third-order valence-electron chi connectivity index (χ3n) is 5.31. The molecule has 1 fully saturated rings. The van der Waals surface area contributed by atoms with Gasteiger partial charge in [-0.05, 0) is 56.7 Å². The van der Waals surface area contributed by atoms with E-state index in [0.717, 1.165) is 30.6 Å². The lowest BCUT2D eigenvalue weighted by Crippen LogP contribution is -2.28. The normalized spacial score (nSPS) is 18.3. The van der Waals surface area contributed by atoms with Gasteiger partial charge in [-0.1, -0.05) is 5.16 Å². The van der Waals surface area contributed by atoms with Crippen molar-refractivity contribution in [3.05, 3.63) is 64.0 Å². The Morgan fingerprint density at radius 2 is 2.17 bits per heavy atom. The minimum absolute atomic E-state index is 0.194. The van der Waals surface area contributed by atoms with Crippen LogP contribution in [0.2, 0.25) is 0 Å². The van der Waals surface area contributed by atoms with Crippen LogP contribution < -0.4 is 16.2 Å². The summed E-state index contributed by atoms with van der Waals surface area (Å²) in [5.74, 6) is 1.20. The molecule has 0 unspecified atom stereocenters. The number of carbonyl (C=O) groups is 1. The molecule has 0 bridgehead atoms. The first-order valence-electron chi connectivity index (χ1n) is 9.99. The second-order valence-corrected chi connectivity index (χ2v) is 7.70. The summed E-state index contributed by atoms with van der Waals surface area (Å²) in [5, 5.41) is 14.2. The third-order valence-corrected chi connectivity index (χ3v) is 5.31. The molecule has 1 amide bonds. The predicted octanol–water partition coefficient (Wildman–Crippen LogP) is 2.24. The summed E-state index contributed by atoms with van der Waals surface area (Å²) in [5.41, 5.74) is 2.08. The smallest absolute Gasteiger partial charge is 0.289 e. The zero-order valence-electron chi connectivity index (χ0n) is 17.0. The van der Waals surface area contributed by atoms with Crippen molar-refractivity contribution >= 4 is 11.7 Å². The summed E-state index contributed by atoms with van der Waals surface area (Å²) in [6.45, 7) is 4.34. The Bertz CT molecular complexity index is 1110. The first kappa shape index (κ1) is 19.8. The summed E-state index contributed by atoms with van der Waals surface area (Å²) in [6.07, 6.45) is 6.19. The van der Waals surface area contributed by atoms with Crippen LogP contribution in [0.4, 0.5) is 5.82 Å². The van der Waals surface area contributed by atoms with Gasteiger partial charge in [-0.3, -0.25) is 9.59 Å². The molecule has 1 aliphatic carbocycles. The summed E-state index contributed by atoms with van der Waals surface area (Å²) in [6, 6.07) is 6.89. The first-order valence-corrected chi connectivity index (χ1v) is 9.99. The number of amides is 1. The molecule has 0 aliphatic heterocycles. The Labute approximate surface area is 173 Å². The topological polar surface area (TPSA) is 115 Å². The van der Waals surface area contributed by atoms with Gasteiger partial charge in [0, 0.05) is 30.9 Å². The molecule has 2 atom stereocenters. The van der Waals surface area contributed by atoms with Crippen LogP contribution in [0.3, 0.4) is 0 Å². The lowest BCUT2D eigenvalue weighted by molar-refractivity contribution is 0.0910. The van der Waals surface area contributed by atoms with E-state index in [1.807, 2.05) is 13.0 Å². The van der Waals surface area contributed by atoms with E-state index in [-0.39, 0.29) is 23.3 Å². The van der Waals surface area contributed by atoms with Gasteiger partial charge < -0.3 is 15.2 Å². The fourth-order valence-corrected chi connectivity index (χ4v) is 3.76. The summed E-state index contributed by atoms with van der Waals surface area (Å²) in [4.78, 5) is 28.6. The molecule has 0 saturated heterocycles. The second-order valence-electron chi connectivity index (χ2n) is 7.70. The molecule has 0 spiro atoms. The van der Waals surface area contributed by atoms with Crippen LogP contribution >= 0.6 is 0 Å². The van der Waals surface area contributed by atoms with Gasteiger partial charge in [-0.25, -0.2) is 4.98 Å². The highest BCUT2D eigenvalue weighted by Crippen LogP contribution is 2.28. The maximum Gasteiger partial charge on any atom is 0.289 e. The molecular formula is C21H24N6O3. The van der Waals surface area contributed by atoms with Gasteiger partial charge in [0.2, 0.25) is 5.76 Å². The lowest BCUT2D eigenvalue weighted by Gasteiger charge is -2.16. The van der Waals surface area contributed by atoms with Crippen LogP contribution in [-0.2, 0) is 0 Å². The van der Waals surface area contributed by atoms with Crippen LogP contribution in [0.1, 0.15) is 41.1 Å². The number of hydrogen-bond donors (Lipinski definition) is 2. The zero-order chi connectivity index (χ0) is 21.1. The Morgan fingerprint density at radius 1 is 1.30 bits per heavy atom. The van der Waals surface area contributed by atoms with Crippen LogP contribution in [0.25, 0.3) is 5.69 Å². The van der Waals surface area contributed by atoms with E-state index in [2.05, 4.69) is 25.9 Å². The van der Waals surface area contributed by atoms with Crippen LogP contribution in [-0.4, -0.2) is 38.4 Å². The van der Waals surface area contributed by atoms with Crippen molar-refractivity contribution in [2.24, 2.45) is 5.92 Å². The van der Waals surface area contributed by atoms with Crippen molar-refractivity contribution in [2.75, 3.05) is 11.9 Å². The molecule has 0 radical (unpaired) electrons. The number of carbonyl (C=O) groups excluding carboxylic acids is 1. The standard InChI is InChI=1S/C21H24N6O3/c1-13-8-17(27-19(28)4-3-7-24-27)12-22-20(13)25-16-6-5-15(10-16)11-23-21(29)18-9-14(2)26-30-18/h3-4,7-9,12,15-16H,5-6,10-11H2,1-2H3,(H,22,25)(H,23,29)/t15-,16+/m0/s1. The third kappa shape index (κ3) is 4.40. The van der Waals surface area contributed by atoms with Crippen molar-refractivity contribution in [2.45, 2.75) is 39.2 Å². The number of rotatable bonds is 6. The lowest BCUT2D eigenvalue weighted by atomic mass is 10.1. The first-order chi connectivity index (χ1) is 14.5. The van der Waals surface area contributed by atoms with Gasteiger partial charge >= 0.3 is 0 Å². The van der Waals surface area contributed by atoms with Gasteiger partial charge in [0.25, 0.3) is 11.5 Å². The van der Waals surface area contributed by atoms with E-state index < -0.39 is 0 Å². The van der Waals surface area contributed by atoms with Crippen molar-refractivity contribution in [1.29, 1.82) is 0 Å². The predicted molar refractivity (Wildman–Crippen MR) is 111 cm³/mol. The molecule has 0 aromatic carbocycles. The summed E-state index contributed by atoms with van der Waals surface area (Å²) in [7, 11) is 0. The van der Waals surface area contributed by atoms with E-state index in [1.165, 1.54) is 10.7 Å². The molecule has 4 rings (SSSR count). The highest BCUT2D eigenvalue weighted by Gasteiger charge is 2.26. The number of aromatic nitrogens is 4. The average Bonchev–Trinajstić information content (AvgIpc) is 3.37. The number of pyridine rings is 1. The maximum atomic E-state index is 12.1. The number of aryl methyl sites for hydroxylation is 2. The average molecular weight is 408 g/mol. The fourth-order valence-electron chi connectivity index (χ4n) is 3.76. The monoisotopic (exact) mass is 408 g/mol. The molecule has 156 valence electrons. The maximum absolute atomic E-state index is 12.1. The number of nitrogens with zero attached hydrogens (tertiary/aromatic N) is 4. The summed E-state index contributed by atoms with van der Waals surface area (Å²) >= 11 is 0. The van der Waals surface area contributed by atoms with Crippen LogP contribution in [0.5, 0.6) is 0 Å². The Kier molecular flexibility index (Phi) is 5.60. The molecule has 2 N–H and O–H groups in total. The molecule has 1 aliphatic rings. The molecule has 1 saturated carbocycles. The van der Waals surface area contributed by atoms with Crippen molar-refractivity contribution in [3.8, 4) is 5.69 Å². The van der Waals surface area contributed by atoms with Crippen molar-refractivity contribution in [3.63, 3.8) is 0 Å². The Hall–Kier alpha value is -3.49. The number of anilines is 1. The Balaban J connectivity index is 1.32. The second kappa shape index (κ2) is 8.48. The van der Waals surface area contributed by atoms with Gasteiger partial charge in [0.1, 0.15) is 5.82 Å². The van der Waals surface area contributed by atoms with E-state index in [4.69, 9.17) is 4.52 Å². The molecule has 30 heavy (non-hydrogen) atoms. The van der Waals surface area contributed by atoms with E-state index >= 15 is 0 Å².